The summed E-state index contributed by atoms with van der Waals surface area (Å²) in [5.74, 6) is 0.689. The number of nitrogens with zero attached hydrogens (tertiary/aromatic N) is 1. The lowest BCUT2D eigenvalue weighted by atomic mass is 9.54. The van der Waals surface area contributed by atoms with Crippen LogP contribution in [0, 0.1) is 0 Å². The quantitative estimate of drug-likeness (QED) is 0.266. The SMILES string of the molecule is COc1cccc([C@@]23CC[N+](C)(C)C[C@@]2(OC(C)=O)CC[C@@H](NC(=O)CCCCCc2ccccc2)C3)c1. The van der Waals surface area contributed by atoms with Gasteiger partial charge >= 0.3 is 5.97 Å². The summed E-state index contributed by atoms with van der Waals surface area (Å²) in [6, 6.07) is 18.8. The Morgan fingerprint density at radius 2 is 1.82 bits per heavy atom. The predicted molar refractivity (Wildman–Crippen MR) is 150 cm³/mol. The normalized spacial score (nSPS) is 26.2. The van der Waals surface area contributed by atoms with Crippen LogP contribution in [0.15, 0.2) is 54.6 Å². The molecular formula is C32H45N2O4+. The van der Waals surface area contributed by atoms with Crippen LogP contribution in [-0.4, -0.2) is 62.3 Å². The Labute approximate surface area is 228 Å². The number of carbonyl (C=O) groups is 2. The molecule has 0 unspecified atom stereocenters. The minimum absolute atomic E-state index is 0.0513. The van der Waals surface area contributed by atoms with Gasteiger partial charge in [-0.2, -0.15) is 0 Å². The molecule has 1 amide bonds. The van der Waals surface area contributed by atoms with Crippen LogP contribution in [0.3, 0.4) is 0 Å². The maximum Gasteiger partial charge on any atom is 0.303 e. The van der Waals surface area contributed by atoms with Crippen molar-refractivity contribution in [1.29, 1.82) is 0 Å². The molecule has 1 aliphatic carbocycles. The maximum absolute atomic E-state index is 13.0. The van der Waals surface area contributed by atoms with Gasteiger partial charge in [0, 0.05) is 31.2 Å². The fourth-order valence-electron chi connectivity index (χ4n) is 6.94. The first-order chi connectivity index (χ1) is 18.2. The number of fused-ring (bicyclic) bond motifs is 1. The van der Waals surface area contributed by atoms with Crippen molar-refractivity contribution in [2.24, 2.45) is 0 Å². The zero-order valence-electron chi connectivity index (χ0n) is 23.6. The number of hydrogen-bond acceptors (Lipinski definition) is 4. The molecule has 4 rings (SSSR count). The summed E-state index contributed by atoms with van der Waals surface area (Å²) in [7, 11) is 6.11. The van der Waals surface area contributed by atoms with E-state index in [0.717, 1.165) is 80.3 Å². The van der Waals surface area contributed by atoms with E-state index in [4.69, 9.17) is 9.47 Å². The standard InChI is InChI=1S/C32H44N2O4/c1-25(35)38-32-19-18-28(33-30(36)17-10-6-9-14-26-12-7-5-8-13-26)23-31(32,20-21-34(2,3)24-32)27-15-11-16-29(22-27)37-4/h5,7-8,11-13,15-16,22,28H,6,9-10,14,17-21,23-24H2,1-4H3/p+1/t28-,31+,32+/m1/s1. The summed E-state index contributed by atoms with van der Waals surface area (Å²) in [6.07, 6.45) is 7.82. The molecule has 0 spiro atoms. The second-order valence-electron chi connectivity index (χ2n) is 12.0. The molecule has 0 aromatic heterocycles. The van der Waals surface area contributed by atoms with Crippen molar-refractivity contribution < 1.29 is 23.5 Å². The van der Waals surface area contributed by atoms with Gasteiger partial charge in [-0.05, 0) is 61.8 Å². The van der Waals surface area contributed by atoms with E-state index in [9.17, 15) is 9.59 Å². The Kier molecular flexibility index (Phi) is 8.81. The largest absolute Gasteiger partial charge is 0.497 e. The lowest BCUT2D eigenvalue weighted by Crippen LogP contribution is -2.71. The van der Waals surface area contributed by atoms with Crippen LogP contribution in [0.25, 0.3) is 0 Å². The van der Waals surface area contributed by atoms with Crippen LogP contribution in [0.1, 0.15) is 69.4 Å². The monoisotopic (exact) mass is 521 g/mol. The van der Waals surface area contributed by atoms with E-state index in [1.54, 1.807) is 7.11 Å². The molecule has 3 atom stereocenters. The number of rotatable bonds is 10. The number of nitrogens with one attached hydrogen (secondary N) is 1. The van der Waals surface area contributed by atoms with Gasteiger partial charge in [-0.3, -0.25) is 9.59 Å². The molecule has 206 valence electrons. The van der Waals surface area contributed by atoms with Crippen molar-refractivity contribution in [3.05, 3.63) is 65.7 Å². The molecule has 1 heterocycles. The smallest absolute Gasteiger partial charge is 0.303 e. The van der Waals surface area contributed by atoms with Gasteiger partial charge < -0.3 is 19.3 Å². The second-order valence-corrected chi connectivity index (χ2v) is 12.0. The molecule has 6 heteroatoms. The predicted octanol–water partition coefficient (Wildman–Crippen LogP) is 5.19. The van der Waals surface area contributed by atoms with E-state index >= 15 is 0 Å². The average Bonchev–Trinajstić information content (AvgIpc) is 2.88. The van der Waals surface area contributed by atoms with Crippen LogP contribution >= 0.6 is 0 Å². The van der Waals surface area contributed by atoms with Gasteiger partial charge in [0.2, 0.25) is 5.91 Å². The highest BCUT2D eigenvalue weighted by molar-refractivity contribution is 5.76. The molecule has 1 aliphatic heterocycles. The Bertz CT molecular complexity index is 1100. The van der Waals surface area contributed by atoms with Crippen LogP contribution in [0.4, 0.5) is 0 Å². The number of amides is 1. The number of benzene rings is 2. The number of unbranched alkanes of at least 4 members (excludes halogenated alkanes) is 2. The molecule has 1 saturated heterocycles. The topological polar surface area (TPSA) is 64.6 Å². The molecule has 0 bridgehead atoms. The molecule has 38 heavy (non-hydrogen) atoms. The van der Waals surface area contributed by atoms with Gasteiger partial charge in [-0.15, -0.1) is 0 Å². The van der Waals surface area contributed by atoms with E-state index in [1.165, 1.54) is 12.5 Å². The van der Waals surface area contributed by atoms with Gasteiger partial charge in [-0.25, -0.2) is 0 Å². The van der Waals surface area contributed by atoms with Crippen LogP contribution in [0.5, 0.6) is 5.75 Å². The molecule has 2 aliphatic rings. The average molecular weight is 522 g/mol. The number of carbonyl (C=O) groups excluding carboxylic acids is 2. The first kappa shape index (κ1) is 28.2. The Hall–Kier alpha value is -2.86. The number of ether oxygens (including phenoxy) is 2. The number of hydrogen-bond donors (Lipinski definition) is 1. The van der Waals surface area contributed by atoms with Crippen LogP contribution in [-0.2, 0) is 26.2 Å². The third kappa shape index (κ3) is 6.40. The Balaban J connectivity index is 1.46. The first-order valence-electron chi connectivity index (χ1n) is 14.2. The summed E-state index contributed by atoms with van der Waals surface area (Å²) >= 11 is 0. The van der Waals surface area contributed by atoms with Gasteiger partial charge in [0.15, 0.2) is 5.60 Å². The number of likely N-dealkylation sites (N-methyl/N-ethyl adjacent to an activating group) is 1. The van der Waals surface area contributed by atoms with E-state index in [1.807, 2.05) is 18.2 Å². The van der Waals surface area contributed by atoms with E-state index in [-0.39, 0.29) is 23.3 Å². The number of likely N-dealkylation sites (tertiary alicyclic amines) is 1. The highest BCUT2D eigenvalue weighted by atomic mass is 16.6. The highest BCUT2D eigenvalue weighted by Gasteiger charge is 2.64. The molecule has 2 fully saturated rings. The van der Waals surface area contributed by atoms with Crippen molar-refractivity contribution in [1.82, 2.24) is 5.32 Å². The molecule has 1 N–H and O–H groups in total. The molecule has 6 nitrogen and oxygen atoms in total. The van der Waals surface area contributed by atoms with Crippen molar-refractivity contribution in [3.63, 3.8) is 0 Å². The van der Waals surface area contributed by atoms with Crippen molar-refractivity contribution in [3.8, 4) is 5.75 Å². The van der Waals surface area contributed by atoms with Crippen LogP contribution in [0.2, 0.25) is 0 Å². The van der Waals surface area contributed by atoms with Crippen molar-refractivity contribution >= 4 is 11.9 Å². The zero-order chi connectivity index (χ0) is 27.2. The van der Waals surface area contributed by atoms with Gasteiger partial charge in [-0.1, -0.05) is 48.9 Å². The fraction of sp³-hybridized carbons (Fsp3) is 0.562. The highest BCUT2D eigenvalue weighted by Crippen LogP contribution is 2.54. The second kappa shape index (κ2) is 11.9. The third-order valence-corrected chi connectivity index (χ3v) is 8.73. The molecule has 2 aromatic carbocycles. The first-order valence-corrected chi connectivity index (χ1v) is 14.2. The Morgan fingerprint density at radius 1 is 1.03 bits per heavy atom. The Morgan fingerprint density at radius 3 is 2.55 bits per heavy atom. The summed E-state index contributed by atoms with van der Waals surface area (Å²) in [6.45, 7) is 3.25. The minimum atomic E-state index is -0.619. The van der Waals surface area contributed by atoms with Crippen LogP contribution < -0.4 is 10.1 Å². The summed E-state index contributed by atoms with van der Waals surface area (Å²) < 4.78 is 12.7. The third-order valence-electron chi connectivity index (χ3n) is 8.73. The van der Waals surface area contributed by atoms with Crippen molar-refractivity contribution in [2.45, 2.75) is 81.8 Å². The van der Waals surface area contributed by atoms with Gasteiger partial charge in [0.05, 0.1) is 27.7 Å². The number of quaternary nitrogens is 1. The summed E-state index contributed by atoms with van der Waals surface area (Å²) in [5.41, 5.74) is 1.49. The van der Waals surface area contributed by atoms with Gasteiger partial charge in [0.25, 0.3) is 0 Å². The van der Waals surface area contributed by atoms with E-state index in [2.05, 4.69) is 55.8 Å². The molecule has 0 radical (unpaired) electrons. The zero-order valence-corrected chi connectivity index (χ0v) is 23.6. The van der Waals surface area contributed by atoms with Gasteiger partial charge in [0.1, 0.15) is 12.3 Å². The number of methoxy groups -OCH3 is 1. The van der Waals surface area contributed by atoms with E-state index < -0.39 is 5.60 Å². The maximum atomic E-state index is 13.0. The number of aryl methyl sites for hydroxylation is 1. The molecule has 1 saturated carbocycles. The molecule has 2 aromatic rings. The molecular weight excluding hydrogens is 476 g/mol. The number of esters is 1. The fourth-order valence-corrected chi connectivity index (χ4v) is 6.94. The van der Waals surface area contributed by atoms with Crippen molar-refractivity contribution in [2.75, 3.05) is 34.3 Å². The lowest BCUT2D eigenvalue weighted by molar-refractivity contribution is -0.904. The summed E-state index contributed by atoms with van der Waals surface area (Å²) in [4.78, 5) is 25.5. The summed E-state index contributed by atoms with van der Waals surface area (Å²) in [5, 5.41) is 3.36. The lowest BCUT2D eigenvalue weighted by Gasteiger charge is -2.60. The minimum Gasteiger partial charge on any atom is -0.497 e. The number of piperidine rings is 1. The van der Waals surface area contributed by atoms with E-state index in [0.29, 0.717) is 6.42 Å².